The van der Waals surface area contributed by atoms with Gasteiger partial charge in [0.15, 0.2) is 6.49 Å². The summed E-state index contributed by atoms with van der Waals surface area (Å²) in [6.45, 7) is 2.81. The monoisotopic (exact) mass is 542 g/mol. The fourth-order valence-corrected chi connectivity index (χ4v) is 5.63. The number of benzene rings is 3. The zero-order valence-electron chi connectivity index (χ0n) is 20.3. The lowest BCUT2D eigenvalue weighted by molar-refractivity contribution is 0.0985. The van der Waals surface area contributed by atoms with Crippen LogP contribution in [0, 0.1) is 13.8 Å². The standard InChI is InChI=1S/C27H28ClN2O4PS/c1-17-7-4-5-8-21(17)26(31)29-20-11-12-22(18(2)15-20)27(32)30-14-6-9-25(34-35(3,33)36)23-16-19(28)10-13-24(23)30/h4-5,7-8,10-13,15-16,25H,6,9,14H2,1-3H3,(H,29,31)(H,33,36). The van der Waals surface area contributed by atoms with E-state index in [2.05, 4.69) is 5.32 Å². The van der Waals surface area contributed by atoms with Crippen molar-refractivity contribution < 1.29 is 19.0 Å². The Balaban J connectivity index is 1.61. The number of amides is 2. The molecular weight excluding hydrogens is 515 g/mol. The molecule has 6 nitrogen and oxygen atoms in total. The van der Waals surface area contributed by atoms with Crippen molar-refractivity contribution in [3.63, 3.8) is 0 Å². The van der Waals surface area contributed by atoms with Crippen LogP contribution < -0.4 is 10.2 Å². The van der Waals surface area contributed by atoms with Gasteiger partial charge in [-0.1, -0.05) is 29.8 Å². The van der Waals surface area contributed by atoms with Gasteiger partial charge in [-0.15, -0.1) is 0 Å². The molecule has 0 aliphatic carbocycles. The molecule has 3 aromatic carbocycles. The van der Waals surface area contributed by atoms with Crippen LogP contribution in [0.3, 0.4) is 0 Å². The maximum atomic E-state index is 13.7. The fourth-order valence-electron chi connectivity index (χ4n) is 4.45. The maximum Gasteiger partial charge on any atom is 0.258 e. The van der Waals surface area contributed by atoms with Gasteiger partial charge in [0.1, 0.15) is 0 Å². The first-order chi connectivity index (χ1) is 17.0. The van der Waals surface area contributed by atoms with Crippen molar-refractivity contribution in [2.45, 2.75) is 32.8 Å². The highest BCUT2D eigenvalue weighted by Gasteiger charge is 2.30. The molecule has 36 heavy (non-hydrogen) atoms. The molecule has 0 aromatic heterocycles. The van der Waals surface area contributed by atoms with Crippen LogP contribution in [0.5, 0.6) is 0 Å². The molecule has 0 saturated carbocycles. The van der Waals surface area contributed by atoms with Crippen LogP contribution in [0.15, 0.2) is 60.7 Å². The van der Waals surface area contributed by atoms with Crippen molar-refractivity contribution in [2.24, 2.45) is 0 Å². The molecule has 2 unspecified atom stereocenters. The molecule has 1 aliphatic rings. The molecule has 0 spiro atoms. The predicted octanol–water partition coefficient (Wildman–Crippen LogP) is 6.64. The number of nitrogens with zero attached hydrogens (tertiary/aromatic N) is 1. The van der Waals surface area contributed by atoms with E-state index < -0.39 is 12.6 Å². The van der Waals surface area contributed by atoms with Gasteiger partial charge in [0.2, 0.25) is 0 Å². The number of hydrogen-bond donors (Lipinski definition) is 2. The third kappa shape index (κ3) is 6.05. The number of carbonyl (C=O) groups is 2. The van der Waals surface area contributed by atoms with Gasteiger partial charge in [0.05, 0.1) is 6.10 Å². The topological polar surface area (TPSA) is 78.9 Å². The van der Waals surface area contributed by atoms with Crippen LogP contribution in [0.1, 0.15) is 56.4 Å². The molecule has 1 heterocycles. The van der Waals surface area contributed by atoms with Gasteiger partial charge in [-0.25, -0.2) is 0 Å². The molecule has 0 saturated heterocycles. The zero-order valence-corrected chi connectivity index (χ0v) is 22.8. The van der Waals surface area contributed by atoms with Gasteiger partial charge in [0, 0.05) is 46.3 Å². The molecule has 2 atom stereocenters. The summed E-state index contributed by atoms with van der Waals surface area (Å²) >= 11 is 11.4. The fraction of sp³-hybridized carbons (Fsp3) is 0.259. The summed E-state index contributed by atoms with van der Waals surface area (Å²) in [5.74, 6) is -0.357. The van der Waals surface area contributed by atoms with Crippen LogP contribution in [0.4, 0.5) is 11.4 Å². The van der Waals surface area contributed by atoms with Crippen molar-refractivity contribution in [1.29, 1.82) is 0 Å². The Morgan fingerprint density at radius 2 is 1.83 bits per heavy atom. The van der Waals surface area contributed by atoms with E-state index in [-0.39, 0.29) is 11.8 Å². The number of hydrogen-bond acceptors (Lipinski definition) is 4. The number of halogens is 1. The summed E-state index contributed by atoms with van der Waals surface area (Å²) in [6, 6.07) is 18.0. The van der Waals surface area contributed by atoms with Gasteiger partial charge in [-0.2, -0.15) is 0 Å². The summed E-state index contributed by atoms with van der Waals surface area (Å²) in [6.07, 6.45) is 0.825. The Labute approximate surface area is 221 Å². The Bertz CT molecular complexity index is 1370. The maximum absolute atomic E-state index is 13.7. The molecule has 0 radical (unpaired) electrons. The van der Waals surface area contributed by atoms with Crippen LogP contribution in [0.25, 0.3) is 0 Å². The lowest BCUT2D eigenvalue weighted by Gasteiger charge is -2.26. The molecule has 2 N–H and O–H groups in total. The molecular formula is C27H28ClN2O4PS. The molecule has 188 valence electrons. The minimum atomic E-state index is -2.92. The third-order valence-corrected chi connectivity index (χ3v) is 7.29. The van der Waals surface area contributed by atoms with Crippen LogP contribution in [0.2, 0.25) is 5.02 Å². The first-order valence-corrected chi connectivity index (χ1v) is 15.1. The highest BCUT2D eigenvalue weighted by atomic mass is 35.5. The number of aryl methyl sites for hydroxylation is 2. The van der Waals surface area contributed by atoms with Crippen LogP contribution in [-0.2, 0) is 16.3 Å². The van der Waals surface area contributed by atoms with E-state index in [1.807, 2.05) is 32.0 Å². The van der Waals surface area contributed by atoms with Gasteiger partial charge >= 0.3 is 0 Å². The molecule has 0 fully saturated rings. The zero-order chi connectivity index (χ0) is 26.0. The minimum absolute atomic E-state index is 0.159. The number of fused-ring (bicyclic) bond motifs is 1. The van der Waals surface area contributed by atoms with E-state index >= 15 is 0 Å². The summed E-state index contributed by atoms with van der Waals surface area (Å²) in [4.78, 5) is 38.3. The molecule has 2 amide bonds. The quantitative estimate of drug-likeness (QED) is 0.353. The largest absolute Gasteiger partial charge is 0.345 e. The Morgan fingerprint density at radius 3 is 2.53 bits per heavy atom. The van der Waals surface area contributed by atoms with Crippen molar-refractivity contribution in [3.05, 3.63) is 93.5 Å². The van der Waals surface area contributed by atoms with Crippen molar-refractivity contribution in [3.8, 4) is 0 Å². The summed E-state index contributed by atoms with van der Waals surface area (Å²) < 4.78 is 5.84. The van der Waals surface area contributed by atoms with E-state index in [0.29, 0.717) is 46.9 Å². The Hall–Kier alpha value is -2.54. The SMILES string of the molecule is Cc1ccccc1C(=O)Nc1ccc(C(=O)N2CCCC(OP(C)(O)=S)c3cc(Cl)ccc32)c(C)c1. The van der Waals surface area contributed by atoms with Gasteiger partial charge in [0.25, 0.3) is 11.8 Å². The summed E-state index contributed by atoms with van der Waals surface area (Å²) in [5, 5.41) is 3.44. The van der Waals surface area contributed by atoms with Gasteiger partial charge < -0.3 is 19.6 Å². The molecule has 0 bridgehead atoms. The average Bonchev–Trinajstić information content (AvgIpc) is 2.97. The van der Waals surface area contributed by atoms with Crippen molar-refractivity contribution >= 4 is 53.1 Å². The third-order valence-electron chi connectivity index (χ3n) is 6.15. The van der Waals surface area contributed by atoms with E-state index in [1.165, 1.54) is 6.66 Å². The molecule has 3 aromatic rings. The Morgan fingerprint density at radius 1 is 1.08 bits per heavy atom. The predicted molar refractivity (Wildman–Crippen MR) is 149 cm³/mol. The molecule has 9 heteroatoms. The second-order valence-corrected chi connectivity index (χ2v) is 13.3. The molecule has 1 aliphatic heterocycles. The first-order valence-electron chi connectivity index (χ1n) is 11.6. The summed E-state index contributed by atoms with van der Waals surface area (Å²) in [7, 11) is 0. The van der Waals surface area contributed by atoms with E-state index in [0.717, 1.165) is 16.7 Å². The highest BCUT2D eigenvalue weighted by molar-refractivity contribution is 8.09. The van der Waals surface area contributed by atoms with Crippen molar-refractivity contribution in [1.82, 2.24) is 0 Å². The number of carbonyl (C=O) groups excluding carboxylic acids is 2. The minimum Gasteiger partial charge on any atom is -0.345 e. The number of anilines is 2. The van der Waals surface area contributed by atoms with Gasteiger partial charge in [-0.3, -0.25) is 9.59 Å². The normalized spacial score (nSPS) is 17.0. The smallest absolute Gasteiger partial charge is 0.258 e. The lowest BCUT2D eigenvalue weighted by atomic mass is 10.0. The Kier molecular flexibility index (Phi) is 7.98. The second kappa shape index (κ2) is 10.8. The first kappa shape index (κ1) is 26.5. The van der Waals surface area contributed by atoms with E-state index in [1.54, 1.807) is 47.4 Å². The average molecular weight is 543 g/mol. The number of rotatable bonds is 5. The number of nitrogens with one attached hydrogen (secondary N) is 1. The van der Waals surface area contributed by atoms with Crippen LogP contribution >= 0.6 is 18.1 Å². The lowest BCUT2D eigenvalue weighted by Crippen LogP contribution is -2.32. The molecule has 4 rings (SSSR count). The summed E-state index contributed by atoms with van der Waals surface area (Å²) in [5.41, 5.74) is 4.81. The second-order valence-electron chi connectivity index (χ2n) is 9.00. The van der Waals surface area contributed by atoms with Crippen molar-refractivity contribution in [2.75, 3.05) is 23.4 Å². The highest BCUT2D eigenvalue weighted by Crippen LogP contribution is 2.48. The van der Waals surface area contributed by atoms with Gasteiger partial charge in [-0.05, 0) is 92.1 Å². The van der Waals surface area contributed by atoms with E-state index in [4.69, 9.17) is 27.9 Å². The van der Waals surface area contributed by atoms with E-state index in [9.17, 15) is 14.5 Å². The van der Waals surface area contributed by atoms with Crippen LogP contribution in [-0.4, -0.2) is 29.9 Å².